The minimum Gasteiger partial charge on any atom is -0.310 e. The Kier molecular flexibility index (Phi) is 3.44. The van der Waals surface area contributed by atoms with Crippen LogP contribution in [-0.2, 0) is 19.0 Å². The molecule has 1 aromatic heterocycles. The number of fused-ring (bicyclic) bond motifs is 1. The van der Waals surface area contributed by atoms with Crippen molar-refractivity contribution in [2.24, 2.45) is 5.73 Å². The van der Waals surface area contributed by atoms with Gasteiger partial charge < -0.3 is 5.73 Å². The average molecular weight is 296 g/mol. The van der Waals surface area contributed by atoms with Crippen LogP contribution in [0.1, 0.15) is 41.8 Å². The summed E-state index contributed by atoms with van der Waals surface area (Å²) in [5.74, 6) is 1.33. The molecule has 2 aromatic rings. The Morgan fingerprint density at radius 1 is 1.33 bits per heavy atom. The molecule has 4 nitrogen and oxygen atoms in total. The van der Waals surface area contributed by atoms with Gasteiger partial charge in [-0.05, 0) is 24.5 Å². The second-order valence-electron chi connectivity index (χ2n) is 5.22. The number of halogens is 3. The highest BCUT2D eigenvalue weighted by molar-refractivity contribution is 5.27. The summed E-state index contributed by atoms with van der Waals surface area (Å²) in [4.78, 5) is 4.38. The van der Waals surface area contributed by atoms with Gasteiger partial charge in [0.2, 0.25) is 0 Å². The molecular formula is C14H15F3N4. The molecule has 0 bridgehead atoms. The SMILES string of the molecule is NC1CCCc2nc(Cc3cccc(C(F)(F)F)c3)nn21. The quantitative estimate of drug-likeness (QED) is 0.927. The highest BCUT2D eigenvalue weighted by atomic mass is 19.4. The number of aryl methyl sites for hydroxylation is 1. The van der Waals surface area contributed by atoms with E-state index in [1.54, 1.807) is 10.7 Å². The monoisotopic (exact) mass is 296 g/mol. The van der Waals surface area contributed by atoms with Crippen LogP contribution in [0.5, 0.6) is 0 Å². The van der Waals surface area contributed by atoms with Crippen molar-refractivity contribution in [1.29, 1.82) is 0 Å². The summed E-state index contributed by atoms with van der Waals surface area (Å²) in [7, 11) is 0. The molecule has 3 rings (SSSR count). The normalized spacial score (nSPS) is 18.6. The lowest BCUT2D eigenvalue weighted by Gasteiger charge is -2.18. The van der Waals surface area contributed by atoms with Crippen molar-refractivity contribution in [3.63, 3.8) is 0 Å². The lowest BCUT2D eigenvalue weighted by Crippen LogP contribution is -2.25. The van der Waals surface area contributed by atoms with Crippen LogP contribution in [0.2, 0.25) is 0 Å². The molecule has 1 unspecified atom stereocenters. The molecular weight excluding hydrogens is 281 g/mol. The highest BCUT2D eigenvalue weighted by Crippen LogP contribution is 2.30. The predicted molar refractivity (Wildman–Crippen MR) is 70.4 cm³/mol. The Hall–Kier alpha value is -1.89. The molecule has 0 saturated carbocycles. The molecule has 0 amide bonds. The van der Waals surface area contributed by atoms with E-state index in [9.17, 15) is 13.2 Å². The summed E-state index contributed by atoms with van der Waals surface area (Å²) in [6, 6.07) is 5.25. The van der Waals surface area contributed by atoms with E-state index in [0.29, 0.717) is 11.4 Å². The molecule has 0 saturated heterocycles. The van der Waals surface area contributed by atoms with Crippen molar-refractivity contribution >= 4 is 0 Å². The van der Waals surface area contributed by atoms with Gasteiger partial charge in [0.15, 0.2) is 5.82 Å². The fourth-order valence-corrected chi connectivity index (χ4v) is 2.55. The van der Waals surface area contributed by atoms with E-state index in [0.717, 1.165) is 37.2 Å². The third-order valence-corrected chi connectivity index (χ3v) is 3.58. The third-order valence-electron chi connectivity index (χ3n) is 3.58. The minimum absolute atomic E-state index is 0.184. The molecule has 1 aliphatic rings. The van der Waals surface area contributed by atoms with Gasteiger partial charge in [0, 0.05) is 12.8 Å². The Bertz CT molecular complexity index is 648. The minimum atomic E-state index is -4.33. The lowest BCUT2D eigenvalue weighted by molar-refractivity contribution is -0.137. The van der Waals surface area contributed by atoms with Crippen molar-refractivity contribution in [3.05, 3.63) is 47.0 Å². The fourth-order valence-electron chi connectivity index (χ4n) is 2.55. The average Bonchev–Trinajstić information content (AvgIpc) is 2.82. The maximum absolute atomic E-state index is 12.7. The standard InChI is InChI=1S/C14H15F3N4/c15-14(16,17)10-4-1-3-9(7-10)8-12-19-13-6-2-5-11(18)21(13)20-12/h1,3-4,7,11H,2,5-6,8,18H2. The second kappa shape index (κ2) is 5.14. The summed E-state index contributed by atoms with van der Waals surface area (Å²) >= 11 is 0. The summed E-state index contributed by atoms with van der Waals surface area (Å²) in [5, 5.41) is 4.32. The third kappa shape index (κ3) is 2.92. The van der Waals surface area contributed by atoms with Crippen molar-refractivity contribution in [3.8, 4) is 0 Å². The number of hydrogen-bond donors (Lipinski definition) is 1. The number of nitrogens with zero attached hydrogens (tertiary/aromatic N) is 3. The van der Waals surface area contributed by atoms with Crippen molar-refractivity contribution in [2.45, 2.75) is 38.0 Å². The van der Waals surface area contributed by atoms with Gasteiger partial charge in [-0.1, -0.05) is 18.2 Å². The van der Waals surface area contributed by atoms with Gasteiger partial charge in [-0.2, -0.15) is 18.3 Å². The first kappa shape index (κ1) is 14.1. The molecule has 0 aliphatic carbocycles. The van der Waals surface area contributed by atoms with Gasteiger partial charge in [0.25, 0.3) is 0 Å². The number of aromatic nitrogens is 3. The zero-order chi connectivity index (χ0) is 15.0. The molecule has 112 valence electrons. The maximum Gasteiger partial charge on any atom is 0.416 e. The number of nitrogens with two attached hydrogens (primary N) is 1. The molecule has 7 heteroatoms. The molecule has 1 aliphatic heterocycles. The molecule has 1 atom stereocenters. The van der Waals surface area contributed by atoms with Crippen LogP contribution in [0.15, 0.2) is 24.3 Å². The van der Waals surface area contributed by atoms with Crippen LogP contribution in [-0.4, -0.2) is 14.8 Å². The van der Waals surface area contributed by atoms with E-state index in [4.69, 9.17) is 5.73 Å². The van der Waals surface area contributed by atoms with Gasteiger partial charge in [-0.15, -0.1) is 0 Å². The Labute approximate surface area is 119 Å². The fraction of sp³-hybridized carbons (Fsp3) is 0.429. The van der Waals surface area contributed by atoms with Gasteiger partial charge in [0.05, 0.1) is 5.56 Å². The molecule has 1 aromatic carbocycles. The highest BCUT2D eigenvalue weighted by Gasteiger charge is 2.30. The number of alkyl halides is 3. The summed E-state index contributed by atoms with van der Waals surface area (Å²) in [6.07, 6.45) is -1.63. The maximum atomic E-state index is 12.7. The molecule has 2 heterocycles. The van der Waals surface area contributed by atoms with Gasteiger partial charge in [-0.3, -0.25) is 0 Å². The molecule has 0 fully saturated rings. The Balaban J connectivity index is 1.84. The van der Waals surface area contributed by atoms with Gasteiger partial charge in [0.1, 0.15) is 12.0 Å². The Morgan fingerprint density at radius 2 is 2.14 bits per heavy atom. The van der Waals surface area contributed by atoms with E-state index in [2.05, 4.69) is 10.1 Å². The lowest BCUT2D eigenvalue weighted by atomic mass is 10.1. The number of benzene rings is 1. The van der Waals surface area contributed by atoms with Crippen LogP contribution in [0, 0.1) is 0 Å². The van der Waals surface area contributed by atoms with Crippen LogP contribution >= 0.6 is 0 Å². The van der Waals surface area contributed by atoms with Crippen molar-refractivity contribution in [1.82, 2.24) is 14.8 Å². The van der Waals surface area contributed by atoms with Crippen LogP contribution in [0.4, 0.5) is 13.2 Å². The summed E-state index contributed by atoms with van der Waals surface area (Å²) in [5.41, 5.74) is 5.84. The number of hydrogen-bond acceptors (Lipinski definition) is 3. The first-order chi connectivity index (χ1) is 9.93. The predicted octanol–water partition coefficient (Wildman–Crippen LogP) is 2.68. The second-order valence-corrected chi connectivity index (χ2v) is 5.22. The van der Waals surface area contributed by atoms with Gasteiger partial charge in [-0.25, -0.2) is 9.67 Å². The largest absolute Gasteiger partial charge is 0.416 e. The van der Waals surface area contributed by atoms with Crippen LogP contribution in [0.3, 0.4) is 0 Å². The van der Waals surface area contributed by atoms with Crippen LogP contribution < -0.4 is 5.73 Å². The van der Waals surface area contributed by atoms with E-state index < -0.39 is 11.7 Å². The van der Waals surface area contributed by atoms with E-state index >= 15 is 0 Å². The van der Waals surface area contributed by atoms with Crippen molar-refractivity contribution < 1.29 is 13.2 Å². The van der Waals surface area contributed by atoms with Crippen molar-refractivity contribution in [2.75, 3.05) is 0 Å². The molecule has 2 N–H and O–H groups in total. The summed E-state index contributed by atoms with van der Waals surface area (Å²) in [6.45, 7) is 0. The number of rotatable bonds is 2. The van der Waals surface area contributed by atoms with E-state index in [-0.39, 0.29) is 12.6 Å². The van der Waals surface area contributed by atoms with E-state index in [1.165, 1.54) is 6.07 Å². The zero-order valence-electron chi connectivity index (χ0n) is 11.3. The molecule has 0 spiro atoms. The Morgan fingerprint density at radius 3 is 2.86 bits per heavy atom. The first-order valence-electron chi connectivity index (χ1n) is 6.79. The molecule has 0 radical (unpaired) electrons. The summed E-state index contributed by atoms with van der Waals surface area (Å²) < 4.78 is 39.8. The van der Waals surface area contributed by atoms with E-state index in [1.807, 2.05) is 0 Å². The smallest absolute Gasteiger partial charge is 0.310 e. The molecule has 21 heavy (non-hydrogen) atoms. The zero-order valence-corrected chi connectivity index (χ0v) is 11.3. The topological polar surface area (TPSA) is 56.7 Å². The van der Waals surface area contributed by atoms with Crippen LogP contribution in [0.25, 0.3) is 0 Å². The first-order valence-corrected chi connectivity index (χ1v) is 6.79. The van der Waals surface area contributed by atoms with Gasteiger partial charge >= 0.3 is 6.18 Å².